The zero-order chi connectivity index (χ0) is 21.6. The van der Waals surface area contributed by atoms with E-state index in [0.717, 1.165) is 48.0 Å². The van der Waals surface area contributed by atoms with Gasteiger partial charge in [0.05, 0.1) is 16.8 Å². The molecule has 0 radical (unpaired) electrons. The standard InChI is InChI=1S/C25H29N3O2S/c1-3-17-9-11-19(12-10-17)28-23(29)21-15-22-20(13-14-31-22)27(21)16-25(28,2)24(30)26-18-7-5-4-6-8-18/h9-15,18H,3-8,16H2,1-2H3,(H,26,30). The number of anilines is 1. The Bertz CT molecular complexity index is 1120. The molecular weight excluding hydrogens is 406 g/mol. The molecule has 3 heterocycles. The van der Waals surface area contributed by atoms with E-state index in [1.807, 2.05) is 53.3 Å². The quantitative estimate of drug-likeness (QED) is 0.617. The molecule has 1 atom stereocenters. The maximum absolute atomic E-state index is 13.8. The number of hydrogen-bond donors (Lipinski definition) is 1. The smallest absolute Gasteiger partial charge is 0.275 e. The van der Waals surface area contributed by atoms with Gasteiger partial charge in [0.25, 0.3) is 5.91 Å². The molecule has 6 heteroatoms. The lowest BCUT2D eigenvalue weighted by Crippen LogP contribution is -2.65. The van der Waals surface area contributed by atoms with Crippen molar-refractivity contribution in [2.24, 2.45) is 0 Å². The molecule has 1 saturated carbocycles. The van der Waals surface area contributed by atoms with Crippen molar-refractivity contribution in [3.05, 3.63) is 53.0 Å². The normalized spacial score (nSPS) is 22.0. The van der Waals surface area contributed by atoms with Gasteiger partial charge in [-0.05, 0) is 61.4 Å². The third-order valence-corrected chi connectivity index (χ3v) is 7.79. The van der Waals surface area contributed by atoms with Crippen LogP contribution in [-0.2, 0) is 17.8 Å². The van der Waals surface area contributed by atoms with E-state index in [-0.39, 0.29) is 17.9 Å². The van der Waals surface area contributed by atoms with Gasteiger partial charge in [-0.3, -0.25) is 14.5 Å². The van der Waals surface area contributed by atoms with Crippen molar-refractivity contribution in [1.29, 1.82) is 0 Å². The van der Waals surface area contributed by atoms with Gasteiger partial charge >= 0.3 is 0 Å². The molecule has 5 nitrogen and oxygen atoms in total. The summed E-state index contributed by atoms with van der Waals surface area (Å²) in [5.74, 6) is -0.171. The van der Waals surface area contributed by atoms with Gasteiger partial charge in [-0.15, -0.1) is 11.3 Å². The van der Waals surface area contributed by atoms with Crippen molar-refractivity contribution in [1.82, 2.24) is 9.88 Å². The number of nitrogens with zero attached hydrogens (tertiary/aromatic N) is 2. The highest BCUT2D eigenvalue weighted by Crippen LogP contribution is 2.37. The van der Waals surface area contributed by atoms with Crippen LogP contribution in [0.2, 0.25) is 0 Å². The number of aromatic nitrogens is 1. The summed E-state index contributed by atoms with van der Waals surface area (Å²) in [5.41, 5.74) is 2.68. The van der Waals surface area contributed by atoms with Gasteiger partial charge in [0.2, 0.25) is 5.91 Å². The number of aryl methyl sites for hydroxylation is 1. The summed E-state index contributed by atoms with van der Waals surface area (Å²) in [6.07, 6.45) is 6.52. The number of nitrogens with one attached hydrogen (secondary N) is 1. The lowest BCUT2D eigenvalue weighted by Gasteiger charge is -2.44. The van der Waals surface area contributed by atoms with Crippen LogP contribution >= 0.6 is 11.3 Å². The minimum Gasteiger partial charge on any atom is -0.351 e. The van der Waals surface area contributed by atoms with Crippen LogP contribution in [0, 0.1) is 0 Å². The van der Waals surface area contributed by atoms with E-state index >= 15 is 0 Å². The number of thiophene rings is 1. The molecule has 162 valence electrons. The van der Waals surface area contributed by atoms with Gasteiger partial charge in [0.1, 0.15) is 11.2 Å². The Morgan fingerprint density at radius 2 is 1.90 bits per heavy atom. The van der Waals surface area contributed by atoms with Crippen LogP contribution in [0.5, 0.6) is 0 Å². The number of hydrogen-bond acceptors (Lipinski definition) is 3. The van der Waals surface area contributed by atoms with E-state index in [1.165, 1.54) is 12.0 Å². The summed E-state index contributed by atoms with van der Waals surface area (Å²) in [6.45, 7) is 4.47. The number of carbonyl (C=O) groups is 2. The number of rotatable bonds is 4. The van der Waals surface area contributed by atoms with Crippen molar-refractivity contribution in [3.8, 4) is 0 Å². The van der Waals surface area contributed by atoms with Gasteiger partial charge < -0.3 is 9.88 Å². The first-order valence-corrected chi connectivity index (χ1v) is 12.2. The molecule has 1 N–H and O–H groups in total. The van der Waals surface area contributed by atoms with Crippen LogP contribution in [0.1, 0.15) is 62.0 Å². The van der Waals surface area contributed by atoms with Gasteiger partial charge in [0, 0.05) is 11.7 Å². The molecule has 31 heavy (non-hydrogen) atoms. The molecule has 1 aliphatic carbocycles. The Morgan fingerprint density at radius 1 is 1.16 bits per heavy atom. The SMILES string of the molecule is CCc1ccc(N2C(=O)c3cc4sccc4n3CC2(C)C(=O)NC2CCCCC2)cc1. The van der Waals surface area contributed by atoms with Gasteiger partial charge in [-0.25, -0.2) is 0 Å². The van der Waals surface area contributed by atoms with E-state index in [0.29, 0.717) is 12.2 Å². The van der Waals surface area contributed by atoms with Crippen LogP contribution in [0.15, 0.2) is 41.8 Å². The molecule has 0 saturated heterocycles. The Kier molecular flexibility index (Phi) is 5.13. The van der Waals surface area contributed by atoms with Gasteiger partial charge in [-0.1, -0.05) is 38.3 Å². The van der Waals surface area contributed by atoms with Gasteiger partial charge in [0.15, 0.2) is 0 Å². The average molecular weight is 436 g/mol. The Morgan fingerprint density at radius 3 is 2.61 bits per heavy atom. The number of benzene rings is 1. The molecule has 1 aliphatic heterocycles. The van der Waals surface area contributed by atoms with E-state index in [9.17, 15) is 9.59 Å². The number of amides is 2. The summed E-state index contributed by atoms with van der Waals surface area (Å²) in [4.78, 5) is 29.2. The molecule has 2 aromatic heterocycles. The predicted molar refractivity (Wildman–Crippen MR) is 126 cm³/mol. The summed E-state index contributed by atoms with van der Waals surface area (Å²) < 4.78 is 3.12. The fraction of sp³-hybridized carbons (Fsp3) is 0.440. The minimum atomic E-state index is -0.997. The molecule has 1 fully saturated rings. The molecule has 5 rings (SSSR count). The highest BCUT2D eigenvalue weighted by Gasteiger charge is 2.49. The van der Waals surface area contributed by atoms with Crippen molar-refractivity contribution in [2.45, 2.75) is 70.5 Å². The second-order valence-electron chi connectivity index (χ2n) is 9.03. The zero-order valence-corrected chi connectivity index (χ0v) is 19.0. The van der Waals surface area contributed by atoms with Gasteiger partial charge in [-0.2, -0.15) is 0 Å². The highest BCUT2D eigenvalue weighted by atomic mass is 32.1. The Balaban J connectivity index is 1.58. The molecule has 3 aromatic rings. The molecule has 0 spiro atoms. The third-order valence-electron chi connectivity index (χ3n) is 6.94. The average Bonchev–Trinajstić information content (AvgIpc) is 3.37. The van der Waals surface area contributed by atoms with E-state index in [4.69, 9.17) is 0 Å². The first-order valence-electron chi connectivity index (χ1n) is 11.3. The monoisotopic (exact) mass is 435 g/mol. The Hall–Kier alpha value is -2.60. The van der Waals surface area contributed by atoms with E-state index in [2.05, 4.69) is 12.2 Å². The maximum atomic E-state index is 13.8. The summed E-state index contributed by atoms with van der Waals surface area (Å²) >= 11 is 1.63. The summed E-state index contributed by atoms with van der Waals surface area (Å²) in [6, 6.07) is 12.3. The molecule has 1 unspecified atom stereocenters. The van der Waals surface area contributed by atoms with E-state index in [1.54, 1.807) is 16.2 Å². The molecule has 0 bridgehead atoms. The topological polar surface area (TPSA) is 54.3 Å². The third kappa shape index (κ3) is 3.37. The van der Waals surface area contributed by atoms with Crippen LogP contribution in [0.25, 0.3) is 10.2 Å². The van der Waals surface area contributed by atoms with Crippen LogP contribution < -0.4 is 10.2 Å². The van der Waals surface area contributed by atoms with Crippen molar-refractivity contribution >= 4 is 39.1 Å². The fourth-order valence-electron chi connectivity index (χ4n) is 5.09. The lowest BCUT2D eigenvalue weighted by molar-refractivity contribution is -0.127. The van der Waals surface area contributed by atoms with Crippen LogP contribution in [0.3, 0.4) is 0 Å². The number of fused-ring (bicyclic) bond motifs is 3. The predicted octanol–water partition coefficient (Wildman–Crippen LogP) is 5.13. The zero-order valence-electron chi connectivity index (χ0n) is 18.2. The lowest BCUT2D eigenvalue weighted by atomic mass is 9.91. The summed E-state index contributed by atoms with van der Waals surface area (Å²) in [7, 11) is 0. The summed E-state index contributed by atoms with van der Waals surface area (Å²) in [5, 5.41) is 5.33. The highest BCUT2D eigenvalue weighted by molar-refractivity contribution is 7.17. The molecule has 1 aromatic carbocycles. The second-order valence-corrected chi connectivity index (χ2v) is 9.98. The van der Waals surface area contributed by atoms with Crippen molar-refractivity contribution < 1.29 is 9.59 Å². The maximum Gasteiger partial charge on any atom is 0.275 e. The first-order chi connectivity index (χ1) is 15.0. The largest absolute Gasteiger partial charge is 0.351 e. The molecule has 2 aliphatic rings. The fourth-order valence-corrected chi connectivity index (χ4v) is 5.91. The van der Waals surface area contributed by atoms with Crippen molar-refractivity contribution in [3.63, 3.8) is 0 Å². The van der Waals surface area contributed by atoms with E-state index < -0.39 is 5.54 Å². The Labute approximate surface area is 187 Å². The molecular formula is C25H29N3O2S. The first kappa shape index (κ1) is 20.3. The van der Waals surface area contributed by atoms with Crippen molar-refractivity contribution in [2.75, 3.05) is 4.90 Å². The minimum absolute atomic E-state index is 0.0601. The van der Waals surface area contributed by atoms with Crippen LogP contribution in [-0.4, -0.2) is 28.0 Å². The second kappa shape index (κ2) is 7.83. The van der Waals surface area contributed by atoms with Crippen LogP contribution in [0.4, 0.5) is 5.69 Å². The number of carbonyl (C=O) groups excluding carboxylic acids is 2. The molecule has 2 amide bonds.